The number of hydrogen-bond donors (Lipinski definition) is 0. The molecule has 1 amide bonds. The van der Waals surface area contributed by atoms with Gasteiger partial charge in [-0.05, 0) is 27.2 Å². The van der Waals surface area contributed by atoms with Crippen molar-refractivity contribution in [1.29, 1.82) is 0 Å². The van der Waals surface area contributed by atoms with Crippen LogP contribution in [0.5, 0.6) is 0 Å². The van der Waals surface area contributed by atoms with Gasteiger partial charge in [0, 0.05) is 31.6 Å². The third kappa shape index (κ3) is 5.21. The van der Waals surface area contributed by atoms with E-state index < -0.39 is 5.60 Å². The molecule has 140 valence electrons. The molecule has 25 heavy (non-hydrogen) atoms. The molecule has 1 saturated heterocycles. The van der Waals surface area contributed by atoms with Gasteiger partial charge >= 0.3 is 6.09 Å². The summed E-state index contributed by atoms with van der Waals surface area (Å²) in [5.74, 6) is 1.53. The normalized spacial score (nSPS) is 18.4. The Morgan fingerprint density at radius 3 is 2.48 bits per heavy atom. The van der Waals surface area contributed by atoms with Gasteiger partial charge in [0.25, 0.3) is 0 Å². The molecule has 6 nitrogen and oxygen atoms in total. The molecule has 1 aromatic heterocycles. The van der Waals surface area contributed by atoms with E-state index in [0.717, 1.165) is 24.6 Å². The number of halogens is 1. The Bertz CT molecular complexity index is 637. The minimum atomic E-state index is -0.495. The van der Waals surface area contributed by atoms with Gasteiger partial charge in [0.1, 0.15) is 22.4 Å². The lowest BCUT2D eigenvalue weighted by Crippen LogP contribution is -2.42. The molecule has 1 aliphatic heterocycles. The molecule has 0 bridgehead atoms. The van der Waals surface area contributed by atoms with Crippen LogP contribution in [-0.4, -0.2) is 52.7 Å². The summed E-state index contributed by atoms with van der Waals surface area (Å²) >= 11 is 6.19. The number of ether oxygens (including phenoxy) is 1. The monoisotopic (exact) mass is 368 g/mol. The van der Waals surface area contributed by atoms with Crippen molar-refractivity contribution in [3.05, 3.63) is 17.0 Å². The van der Waals surface area contributed by atoms with E-state index in [1.807, 2.05) is 20.8 Å². The van der Waals surface area contributed by atoms with Crippen LogP contribution in [0.25, 0.3) is 0 Å². The zero-order chi connectivity index (χ0) is 19.0. The first-order valence-electron chi connectivity index (χ1n) is 8.62. The summed E-state index contributed by atoms with van der Waals surface area (Å²) < 4.78 is 5.46. The second kappa shape index (κ2) is 6.98. The largest absolute Gasteiger partial charge is 0.444 e. The van der Waals surface area contributed by atoms with Crippen molar-refractivity contribution < 1.29 is 9.53 Å². The number of likely N-dealkylation sites (N-methyl/N-ethyl adjacent to an activating group) is 1. The number of rotatable bonds is 2. The Balaban J connectivity index is 2.10. The summed E-state index contributed by atoms with van der Waals surface area (Å²) in [4.78, 5) is 25.1. The predicted octanol–water partition coefficient (Wildman–Crippen LogP) is 3.87. The van der Waals surface area contributed by atoms with Crippen LogP contribution in [0.1, 0.15) is 53.8 Å². The highest BCUT2D eigenvalue weighted by atomic mass is 35.5. The molecule has 1 aromatic rings. The zero-order valence-corrected chi connectivity index (χ0v) is 17.0. The molecular weight excluding hydrogens is 340 g/mol. The summed E-state index contributed by atoms with van der Waals surface area (Å²) in [6.07, 6.45) is 0.567. The Morgan fingerprint density at radius 1 is 1.28 bits per heavy atom. The average Bonchev–Trinajstić information content (AvgIpc) is 2.92. The first-order chi connectivity index (χ1) is 11.4. The fraction of sp³-hybridized carbons (Fsp3) is 0.722. The van der Waals surface area contributed by atoms with Gasteiger partial charge in [0.2, 0.25) is 0 Å². The van der Waals surface area contributed by atoms with Gasteiger partial charge in [-0.2, -0.15) is 0 Å². The van der Waals surface area contributed by atoms with E-state index >= 15 is 0 Å². The van der Waals surface area contributed by atoms with Gasteiger partial charge in [-0.25, -0.2) is 14.8 Å². The first-order valence-corrected chi connectivity index (χ1v) is 9.00. The number of amides is 1. The minimum Gasteiger partial charge on any atom is -0.444 e. The van der Waals surface area contributed by atoms with E-state index in [4.69, 9.17) is 16.3 Å². The number of carbonyl (C=O) groups excluding carboxylic acids is 1. The maximum absolute atomic E-state index is 12.3. The Morgan fingerprint density at radius 2 is 1.92 bits per heavy atom. The third-order valence-electron chi connectivity index (χ3n) is 4.07. The van der Waals surface area contributed by atoms with Crippen LogP contribution in [0.4, 0.5) is 10.6 Å². The van der Waals surface area contributed by atoms with Crippen molar-refractivity contribution in [2.75, 3.05) is 25.0 Å². The summed E-state index contributed by atoms with van der Waals surface area (Å²) in [5.41, 5.74) is -0.669. The molecule has 1 fully saturated rings. The van der Waals surface area contributed by atoms with Gasteiger partial charge < -0.3 is 14.5 Å². The summed E-state index contributed by atoms with van der Waals surface area (Å²) in [6, 6.07) is 1.87. The van der Waals surface area contributed by atoms with E-state index in [1.54, 1.807) is 18.0 Å². The molecule has 1 atom stereocenters. The second-order valence-corrected chi connectivity index (χ2v) is 8.99. The summed E-state index contributed by atoms with van der Waals surface area (Å²) in [7, 11) is 1.79. The van der Waals surface area contributed by atoms with Crippen LogP contribution < -0.4 is 4.90 Å². The molecule has 0 unspecified atom stereocenters. The van der Waals surface area contributed by atoms with E-state index in [0.29, 0.717) is 11.7 Å². The molecular formula is C18H29ClN4O2. The van der Waals surface area contributed by atoms with Gasteiger partial charge in [-0.1, -0.05) is 32.4 Å². The molecule has 1 aliphatic rings. The van der Waals surface area contributed by atoms with E-state index in [-0.39, 0.29) is 17.6 Å². The summed E-state index contributed by atoms with van der Waals surface area (Å²) in [6.45, 7) is 13.3. The number of nitrogens with zero attached hydrogens (tertiary/aromatic N) is 4. The Labute approximate surface area is 155 Å². The molecule has 0 spiro atoms. The molecule has 0 radical (unpaired) electrons. The number of hydrogen-bond acceptors (Lipinski definition) is 5. The zero-order valence-electron chi connectivity index (χ0n) is 16.3. The fourth-order valence-corrected chi connectivity index (χ4v) is 2.83. The van der Waals surface area contributed by atoms with Crippen molar-refractivity contribution in [2.45, 2.75) is 65.0 Å². The standard InChI is InChI=1S/C18H29ClN4O2/c1-17(2,3)15-20-13(19)10-14(21-15)23-9-8-12(11-23)22(7)16(24)25-18(4,5)6/h10,12H,8-9,11H2,1-7H3/t12-/m1/s1. The quantitative estimate of drug-likeness (QED) is 0.741. The van der Waals surface area contributed by atoms with Crippen LogP contribution in [0.2, 0.25) is 5.15 Å². The maximum atomic E-state index is 12.3. The van der Waals surface area contributed by atoms with E-state index in [1.165, 1.54) is 0 Å². The lowest BCUT2D eigenvalue weighted by molar-refractivity contribution is 0.0238. The average molecular weight is 369 g/mol. The van der Waals surface area contributed by atoms with Crippen LogP contribution in [0.15, 0.2) is 6.07 Å². The number of anilines is 1. The van der Waals surface area contributed by atoms with E-state index in [2.05, 4.69) is 35.6 Å². The highest BCUT2D eigenvalue weighted by Gasteiger charge is 2.32. The maximum Gasteiger partial charge on any atom is 0.410 e. The smallest absolute Gasteiger partial charge is 0.410 e. The van der Waals surface area contributed by atoms with Crippen molar-refractivity contribution in [3.63, 3.8) is 0 Å². The number of aromatic nitrogens is 2. The predicted molar refractivity (Wildman–Crippen MR) is 100 cm³/mol. The molecule has 0 N–H and O–H groups in total. The van der Waals surface area contributed by atoms with Gasteiger partial charge in [0.05, 0.1) is 6.04 Å². The van der Waals surface area contributed by atoms with Crippen molar-refractivity contribution in [2.24, 2.45) is 0 Å². The highest BCUT2D eigenvalue weighted by molar-refractivity contribution is 6.29. The fourth-order valence-electron chi connectivity index (χ4n) is 2.65. The Kier molecular flexibility index (Phi) is 5.52. The lowest BCUT2D eigenvalue weighted by atomic mass is 9.96. The van der Waals surface area contributed by atoms with Gasteiger partial charge in [-0.3, -0.25) is 0 Å². The van der Waals surface area contributed by atoms with Crippen molar-refractivity contribution in [3.8, 4) is 0 Å². The van der Waals surface area contributed by atoms with Crippen molar-refractivity contribution in [1.82, 2.24) is 14.9 Å². The SMILES string of the molecule is CN(C(=O)OC(C)(C)C)[C@@H]1CCN(c2cc(Cl)nc(C(C)(C)C)n2)C1. The molecule has 0 aromatic carbocycles. The third-order valence-corrected chi connectivity index (χ3v) is 4.26. The topological polar surface area (TPSA) is 58.6 Å². The van der Waals surface area contributed by atoms with Gasteiger partial charge in [-0.15, -0.1) is 0 Å². The van der Waals surface area contributed by atoms with Crippen LogP contribution in [0, 0.1) is 0 Å². The lowest BCUT2D eigenvalue weighted by Gasteiger charge is -2.29. The highest BCUT2D eigenvalue weighted by Crippen LogP contribution is 2.27. The molecule has 7 heteroatoms. The Hall–Kier alpha value is -1.56. The molecule has 0 aliphatic carbocycles. The van der Waals surface area contributed by atoms with E-state index in [9.17, 15) is 4.79 Å². The number of carbonyl (C=O) groups is 1. The van der Waals surface area contributed by atoms with Crippen LogP contribution >= 0.6 is 11.6 Å². The molecule has 2 heterocycles. The van der Waals surface area contributed by atoms with Crippen molar-refractivity contribution >= 4 is 23.5 Å². The van der Waals surface area contributed by atoms with Crippen LogP contribution in [-0.2, 0) is 10.2 Å². The second-order valence-electron chi connectivity index (χ2n) is 8.60. The molecule has 2 rings (SSSR count). The van der Waals surface area contributed by atoms with Gasteiger partial charge in [0.15, 0.2) is 0 Å². The first kappa shape index (κ1) is 19.8. The molecule has 0 saturated carbocycles. The summed E-state index contributed by atoms with van der Waals surface area (Å²) in [5, 5.41) is 0.443. The minimum absolute atomic E-state index is 0.0849. The van der Waals surface area contributed by atoms with Crippen LogP contribution in [0.3, 0.4) is 0 Å².